The van der Waals surface area contributed by atoms with Crippen molar-refractivity contribution >= 4 is 5.91 Å². The topological polar surface area (TPSA) is 55.1 Å². The summed E-state index contributed by atoms with van der Waals surface area (Å²) >= 11 is 0. The van der Waals surface area contributed by atoms with E-state index >= 15 is 0 Å². The van der Waals surface area contributed by atoms with Crippen LogP contribution in [0, 0.1) is 11.8 Å². The van der Waals surface area contributed by atoms with Crippen molar-refractivity contribution in [3.8, 4) is 11.8 Å². The summed E-state index contributed by atoms with van der Waals surface area (Å²) in [6, 6.07) is 7.38. The summed E-state index contributed by atoms with van der Waals surface area (Å²) in [7, 11) is 0. The minimum atomic E-state index is -0.0456. The largest absolute Gasteiger partial charge is 0.347 e. The smallest absolute Gasteiger partial charge is 0.251 e. The summed E-state index contributed by atoms with van der Waals surface area (Å²) in [4.78, 5) is 12.2. The molecule has 0 aromatic heterocycles. The predicted octanol–water partition coefficient (Wildman–Crippen LogP) is 2.06. The molecule has 0 aliphatic heterocycles. The van der Waals surface area contributed by atoms with Crippen molar-refractivity contribution in [3.05, 3.63) is 35.4 Å². The fourth-order valence-electron chi connectivity index (χ4n) is 2.52. The van der Waals surface area contributed by atoms with Crippen molar-refractivity contribution in [3.63, 3.8) is 0 Å². The number of carbonyl (C=O) groups excluding carboxylic acids is 1. The Morgan fingerprint density at radius 3 is 2.84 bits per heavy atom. The van der Waals surface area contributed by atoms with Crippen molar-refractivity contribution in [1.29, 1.82) is 0 Å². The lowest BCUT2D eigenvalue weighted by Crippen LogP contribution is -2.43. The van der Waals surface area contributed by atoms with Crippen LogP contribution < -0.4 is 11.1 Å². The Bertz CT molecular complexity index is 519. The van der Waals surface area contributed by atoms with Crippen LogP contribution in [0.4, 0.5) is 0 Å². The average Bonchev–Trinajstić information content (AvgIpc) is 2.83. The maximum atomic E-state index is 12.2. The van der Waals surface area contributed by atoms with Crippen molar-refractivity contribution in [2.24, 2.45) is 5.73 Å². The Balaban J connectivity index is 2.10. The van der Waals surface area contributed by atoms with Gasteiger partial charge >= 0.3 is 0 Å². The molecule has 0 spiro atoms. The minimum absolute atomic E-state index is 0.0131. The molecule has 0 saturated heterocycles. The van der Waals surface area contributed by atoms with Gasteiger partial charge in [-0.2, -0.15) is 0 Å². The summed E-state index contributed by atoms with van der Waals surface area (Å²) in [5.74, 6) is 5.73. The lowest BCUT2D eigenvalue weighted by Gasteiger charge is -2.25. The summed E-state index contributed by atoms with van der Waals surface area (Å²) in [6.45, 7) is 2.45. The zero-order valence-corrected chi connectivity index (χ0v) is 11.3. The Labute approximate surface area is 114 Å². The second-order valence-electron chi connectivity index (χ2n) is 5.31. The highest BCUT2D eigenvalue weighted by atomic mass is 16.1. The number of hydrogen-bond donors (Lipinski definition) is 2. The van der Waals surface area contributed by atoms with E-state index in [4.69, 9.17) is 5.73 Å². The Kier molecular flexibility index (Phi) is 4.24. The highest BCUT2D eigenvalue weighted by molar-refractivity contribution is 5.95. The molecule has 2 rings (SSSR count). The SMILES string of the molecule is CC1(NC(=O)c2cccc(C#CCN)c2)CCCC1. The number of carbonyl (C=O) groups is 1. The lowest BCUT2D eigenvalue weighted by atomic mass is 10.00. The molecule has 1 amide bonds. The Morgan fingerprint density at radius 1 is 1.42 bits per heavy atom. The lowest BCUT2D eigenvalue weighted by molar-refractivity contribution is 0.0908. The molecule has 1 aromatic carbocycles. The van der Waals surface area contributed by atoms with Gasteiger partial charge in [0.25, 0.3) is 5.91 Å². The number of rotatable bonds is 2. The van der Waals surface area contributed by atoms with Gasteiger partial charge in [0.1, 0.15) is 0 Å². The van der Waals surface area contributed by atoms with Gasteiger partial charge in [0.2, 0.25) is 0 Å². The molecule has 0 unspecified atom stereocenters. The van der Waals surface area contributed by atoms with Crippen LogP contribution in [0.15, 0.2) is 24.3 Å². The fourth-order valence-corrected chi connectivity index (χ4v) is 2.52. The molecule has 100 valence electrons. The van der Waals surface area contributed by atoms with Crippen molar-refractivity contribution in [1.82, 2.24) is 5.32 Å². The van der Waals surface area contributed by atoms with Crippen LogP contribution >= 0.6 is 0 Å². The van der Waals surface area contributed by atoms with E-state index in [0.717, 1.165) is 18.4 Å². The monoisotopic (exact) mass is 256 g/mol. The van der Waals surface area contributed by atoms with Gasteiger partial charge in [0.15, 0.2) is 0 Å². The standard InChI is InChI=1S/C16H20N2O/c1-16(9-2-3-10-16)18-15(19)14-8-4-6-13(12-14)7-5-11-17/h4,6,8,12H,2-3,9-11,17H2,1H3,(H,18,19). The number of amides is 1. The first-order chi connectivity index (χ1) is 9.13. The Hall–Kier alpha value is -1.79. The average molecular weight is 256 g/mol. The van der Waals surface area contributed by atoms with Gasteiger partial charge in [-0.05, 0) is 38.0 Å². The van der Waals surface area contributed by atoms with Crippen molar-refractivity contribution in [2.45, 2.75) is 38.1 Å². The highest BCUT2D eigenvalue weighted by Gasteiger charge is 2.30. The van der Waals surface area contributed by atoms with E-state index in [2.05, 4.69) is 24.1 Å². The third kappa shape index (κ3) is 3.59. The zero-order chi connectivity index (χ0) is 13.7. The first-order valence-corrected chi connectivity index (χ1v) is 6.74. The molecule has 1 aliphatic carbocycles. The molecule has 0 heterocycles. The van der Waals surface area contributed by atoms with Crippen molar-refractivity contribution < 1.29 is 4.79 Å². The van der Waals surface area contributed by atoms with Crippen LogP contribution in [0.25, 0.3) is 0 Å². The van der Waals surface area contributed by atoms with Gasteiger partial charge in [-0.3, -0.25) is 4.79 Å². The molecule has 1 fully saturated rings. The van der Waals surface area contributed by atoms with E-state index in [9.17, 15) is 4.79 Å². The fraction of sp³-hybridized carbons (Fsp3) is 0.438. The molecule has 0 radical (unpaired) electrons. The van der Waals surface area contributed by atoms with Crippen LogP contribution in [-0.4, -0.2) is 18.0 Å². The van der Waals surface area contributed by atoms with E-state index in [0.29, 0.717) is 12.1 Å². The highest BCUT2D eigenvalue weighted by Crippen LogP contribution is 2.29. The predicted molar refractivity (Wildman–Crippen MR) is 76.7 cm³/mol. The van der Waals surface area contributed by atoms with Gasteiger partial charge in [0, 0.05) is 16.7 Å². The quantitative estimate of drug-likeness (QED) is 0.796. The minimum Gasteiger partial charge on any atom is -0.347 e. The molecule has 1 aliphatic rings. The second kappa shape index (κ2) is 5.90. The van der Waals surface area contributed by atoms with Gasteiger partial charge in [-0.25, -0.2) is 0 Å². The number of nitrogens with two attached hydrogens (primary N) is 1. The van der Waals surface area contributed by atoms with E-state index < -0.39 is 0 Å². The van der Waals surface area contributed by atoms with Crippen LogP contribution in [-0.2, 0) is 0 Å². The molecule has 19 heavy (non-hydrogen) atoms. The van der Waals surface area contributed by atoms with Gasteiger partial charge < -0.3 is 11.1 Å². The molecule has 0 atom stereocenters. The summed E-state index contributed by atoms with van der Waals surface area (Å²) in [5.41, 5.74) is 6.79. The summed E-state index contributed by atoms with van der Waals surface area (Å²) < 4.78 is 0. The van der Waals surface area contributed by atoms with Crippen LogP contribution in [0.1, 0.15) is 48.5 Å². The third-order valence-electron chi connectivity index (χ3n) is 3.58. The molecule has 3 heteroatoms. The van der Waals surface area contributed by atoms with Gasteiger partial charge in [0.05, 0.1) is 6.54 Å². The molecule has 3 nitrogen and oxygen atoms in total. The second-order valence-corrected chi connectivity index (χ2v) is 5.31. The molecular formula is C16H20N2O. The first kappa shape index (κ1) is 13.6. The van der Waals surface area contributed by atoms with E-state index in [1.165, 1.54) is 12.8 Å². The van der Waals surface area contributed by atoms with Gasteiger partial charge in [-0.1, -0.05) is 30.7 Å². The van der Waals surface area contributed by atoms with E-state index in [1.54, 1.807) is 0 Å². The number of nitrogens with one attached hydrogen (secondary N) is 1. The molecule has 1 saturated carbocycles. The first-order valence-electron chi connectivity index (χ1n) is 6.74. The normalized spacial score (nSPS) is 16.5. The van der Waals surface area contributed by atoms with Crippen LogP contribution in [0.3, 0.4) is 0 Å². The van der Waals surface area contributed by atoms with E-state index in [-0.39, 0.29) is 11.4 Å². The molecule has 0 bridgehead atoms. The number of benzene rings is 1. The summed E-state index contributed by atoms with van der Waals surface area (Å²) in [6.07, 6.45) is 4.51. The van der Waals surface area contributed by atoms with Crippen LogP contribution in [0.2, 0.25) is 0 Å². The van der Waals surface area contributed by atoms with Crippen LogP contribution in [0.5, 0.6) is 0 Å². The van der Waals surface area contributed by atoms with Crippen molar-refractivity contribution in [2.75, 3.05) is 6.54 Å². The summed E-state index contributed by atoms with van der Waals surface area (Å²) in [5, 5.41) is 3.14. The molecule has 1 aromatic rings. The molecular weight excluding hydrogens is 236 g/mol. The third-order valence-corrected chi connectivity index (χ3v) is 3.58. The number of hydrogen-bond acceptors (Lipinski definition) is 2. The molecule has 3 N–H and O–H groups in total. The Morgan fingerprint density at radius 2 is 2.16 bits per heavy atom. The maximum absolute atomic E-state index is 12.2. The van der Waals surface area contributed by atoms with E-state index in [1.807, 2.05) is 24.3 Å². The van der Waals surface area contributed by atoms with Gasteiger partial charge in [-0.15, -0.1) is 0 Å². The zero-order valence-electron chi connectivity index (χ0n) is 11.3. The maximum Gasteiger partial charge on any atom is 0.251 e.